The van der Waals surface area contributed by atoms with Gasteiger partial charge in [-0.25, -0.2) is 0 Å². The molecule has 10 rings (SSSR count). The van der Waals surface area contributed by atoms with Crippen LogP contribution < -0.4 is 5.32 Å². The van der Waals surface area contributed by atoms with Gasteiger partial charge in [-0.2, -0.15) is 0 Å². The summed E-state index contributed by atoms with van der Waals surface area (Å²) in [5.74, 6) is 0. The van der Waals surface area contributed by atoms with Gasteiger partial charge in [-0.15, -0.1) is 0 Å². The van der Waals surface area contributed by atoms with Crippen LogP contribution in [0.4, 0.5) is 11.4 Å². The number of anilines is 2. The second kappa shape index (κ2) is 10.8. The van der Waals surface area contributed by atoms with Gasteiger partial charge in [0.2, 0.25) is 0 Å². The summed E-state index contributed by atoms with van der Waals surface area (Å²) in [4.78, 5) is 0. The molecule has 1 aliphatic rings. The summed E-state index contributed by atoms with van der Waals surface area (Å²) in [6.45, 7) is 0. The number of fused-ring (bicyclic) bond motifs is 8. The van der Waals surface area contributed by atoms with Crippen LogP contribution in [-0.4, -0.2) is 0 Å². The van der Waals surface area contributed by atoms with Crippen molar-refractivity contribution in [2.45, 2.75) is 5.41 Å². The third kappa shape index (κ3) is 4.07. The Morgan fingerprint density at radius 2 is 1.00 bits per heavy atom. The van der Waals surface area contributed by atoms with Crippen LogP contribution >= 0.6 is 0 Å². The average molecular weight is 626 g/mol. The molecule has 230 valence electrons. The van der Waals surface area contributed by atoms with E-state index < -0.39 is 5.41 Å². The highest BCUT2D eigenvalue weighted by atomic mass is 16.3. The molecule has 8 aromatic carbocycles. The largest absolute Gasteiger partial charge is 0.455 e. The van der Waals surface area contributed by atoms with Crippen molar-refractivity contribution in [1.82, 2.24) is 0 Å². The molecule has 0 amide bonds. The molecule has 9 aromatic rings. The monoisotopic (exact) mass is 625 g/mol. The number of hydrogen-bond donors (Lipinski definition) is 1. The zero-order valence-electron chi connectivity index (χ0n) is 26.7. The summed E-state index contributed by atoms with van der Waals surface area (Å²) < 4.78 is 6.74. The first-order valence-electron chi connectivity index (χ1n) is 16.9. The van der Waals surface area contributed by atoms with Gasteiger partial charge in [0.05, 0.1) is 5.41 Å². The Kier molecular flexibility index (Phi) is 6.13. The molecular weight excluding hydrogens is 595 g/mol. The summed E-state index contributed by atoms with van der Waals surface area (Å²) in [6, 6.07) is 65.5. The molecule has 0 unspecified atom stereocenters. The molecule has 0 fully saturated rings. The van der Waals surface area contributed by atoms with E-state index in [1.165, 1.54) is 38.8 Å². The van der Waals surface area contributed by atoms with Crippen LogP contribution in [-0.2, 0) is 5.41 Å². The van der Waals surface area contributed by atoms with Gasteiger partial charge in [0.25, 0.3) is 0 Å². The molecule has 2 nitrogen and oxygen atoms in total. The van der Waals surface area contributed by atoms with Gasteiger partial charge in [0, 0.05) is 38.7 Å². The first kappa shape index (κ1) is 27.7. The van der Waals surface area contributed by atoms with Crippen molar-refractivity contribution >= 4 is 44.1 Å². The fourth-order valence-corrected chi connectivity index (χ4v) is 8.25. The van der Waals surface area contributed by atoms with Gasteiger partial charge in [-0.3, -0.25) is 0 Å². The lowest BCUT2D eigenvalue weighted by atomic mass is 9.68. The van der Waals surface area contributed by atoms with Crippen molar-refractivity contribution in [2.75, 3.05) is 5.32 Å². The molecule has 0 aliphatic heterocycles. The number of nitrogens with one attached hydrogen (secondary N) is 1. The Morgan fingerprint density at radius 1 is 0.388 bits per heavy atom. The van der Waals surface area contributed by atoms with E-state index in [0.717, 1.165) is 49.8 Å². The van der Waals surface area contributed by atoms with Gasteiger partial charge in [-0.1, -0.05) is 158 Å². The number of para-hydroxylation sites is 2. The highest BCUT2D eigenvalue weighted by Gasteiger charge is 2.45. The maximum atomic E-state index is 6.74. The van der Waals surface area contributed by atoms with Crippen LogP contribution in [0.25, 0.3) is 55.0 Å². The van der Waals surface area contributed by atoms with Crippen molar-refractivity contribution in [2.24, 2.45) is 0 Å². The van der Waals surface area contributed by atoms with Crippen LogP contribution in [0.2, 0.25) is 0 Å². The van der Waals surface area contributed by atoms with Gasteiger partial charge in [0.15, 0.2) is 0 Å². The fraction of sp³-hybridized carbons (Fsp3) is 0.0213. The number of furan rings is 1. The van der Waals surface area contributed by atoms with Gasteiger partial charge >= 0.3 is 0 Å². The normalized spacial score (nSPS) is 13.1. The molecule has 1 heterocycles. The minimum Gasteiger partial charge on any atom is -0.455 e. The summed E-state index contributed by atoms with van der Waals surface area (Å²) in [6.07, 6.45) is 0. The van der Waals surface area contributed by atoms with Crippen LogP contribution in [0.15, 0.2) is 186 Å². The number of rotatable bonds is 5. The third-order valence-electron chi connectivity index (χ3n) is 10.3. The summed E-state index contributed by atoms with van der Waals surface area (Å²) >= 11 is 0. The van der Waals surface area contributed by atoms with Crippen LogP contribution in [0.5, 0.6) is 0 Å². The molecule has 49 heavy (non-hydrogen) atoms. The van der Waals surface area contributed by atoms with Crippen molar-refractivity contribution in [3.8, 4) is 22.3 Å². The molecule has 2 heteroatoms. The SMILES string of the molecule is c1ccc(C2(c3ccccc3)c3ccccc3-c3cc(Nc4ccccc4-c4cccc5c4oc4c6ccccc6ccc54)ccc32)cc1. The predicted octanol–water partition coefficient (Wildman–Crippen LogP) is 12.5. The zero-order chi connectivity index (χ0) is 32.4. The minimum atomic E-state index is -0.411. The summed E-state index contributed by atoms with van der Waals surface area (Å²) in [5.41, 5.74) is 13.3. The van der Waals surface area contributed by atoms with E-state index in [4.69, 9.17) is 4.42 Å². The predicted molar refractivity (Wildman–Crippen MR) is 204 cm³/mol. The molecule has 1 N–H and O–H groups in total. The van der Waals surface area contributed by atoms with E-state index in [9.17, 15) is 0 Å². The second-order valence-electron chi connectivity index (χ2n) is 12.9. The van der Waals surface area contributed by atoms with E-state index in [-0.39, 0.29) is 0 Å². The van der Waals surface area contributed by atoms with E-state index in [1.807, 2.05) is 0 Å². The zero-order valence-corrected chi connectivity index (χ0v) is 26.7. The lowest BCUT2D eigenvalue weighted by molar-refractivity contribution is 0.674. The average Bonchev–Trinajstić information content (AvgIpc) is 3.70. The Labute approximate surface area is 284 Å². The molecular formula is C47H31NO. The van der Waals surface area contributed by atoms with Crippen molar-refractivity contribution in [1.29, 1.82) is 0 Å². The van der Waals surface area contributed by atoms with E-state index in [2.05, 4.69) is 187 Å². The maximum Gasteiger partial charge on any atom is 0.143 e. The molecule has 0 spiro atoms. The highest BCUT2D eigenvalue weighted by Crippen LogP contribution is 2.56. The molecule has 0 bridgehead atoms. The lowest BCUT2D eigenvalue weighted by Gasteiger charge is -2.33. The van der Waals surface area contributed by atoms with E-state index in [1.54, 1.807) is 0 Å². The number of hydrogen-bond acceptors (Lipinski definition) is 2. The molecule has 0 saturated carbocycles. The molecule has 1 aliphatic carbocycles. The molecule has 0 radical (unpaired) electrons. The van der Waals surface area contributed by atoms with Crippen LogP contribution in [0, 0.1) is 0 Å². The van der Waals surface area contributed by atoms with E-state index >= 15 is 0 Å². The lowest BCUT2D eigenvalue weighted by Crippen LogP contribution is -2.28. The van der Waals surface area contributed by atoms with Gasteiger partial charge < -0.3 is 9.73 Å². The minimum absolute atomic E-state index is 0.411. The molecule has 0 saturated heterocycles. The van der Waals surface area contributed by atoms with Crippen LogP contribution in [0.3, 0.4) is 0 Å². The molecule has 0 atom stereocenters. The summed E-state index contributed by atoms with van der Waals surface area (Å²) in [7, 11) is 0. The Balaban J connectivity index is 1.13. The molecule has 1 aromatic heterocycles. The second-order valence-corrected chi connectivity index (χ2v) is 12.9. The highest BCUT2D eigenvalue weighted by molar-refractivity contribution is 6.17. The van der Waals surface area contributed by atoms with Crippen LogP contribution in [0.1, 0.15) is 22.3 Å². The first-order valence-corrected chi connectivity index (χ1v) is 16.9. The quantitative estimate of drug-likeness (QED) is 0.206. The topological polar surface area (TPSA) is 25.2 Å². The van der Waals surface area contributed by atoms with Crippen molar-refractivity contribution < 1.29 is 4.42 Å². The first-order chi connectivity index (χ1) is 24.3. The van der Waals surface area contributed by atoms with Gasteiger partial charge in [-0.05, 0) is 63.0 Å². The Bertz CT molecular complexity index is 2650. The maximum absolute atomic E-state index is 6.74. The Morgan fingerprint density at radius 3 is 1.82 bits per heavy atom. The Hall–Kier alpha value is -6.38. The van der Waals surface area contributed by atoms with Crippen molar-refractivity contribution in [3.63, 3.8) is 0 Å². The number of benzene rings is 8. The smallest absolute Gasteiger partial charge is 0.143 e. The summed E-state index contributed by atoms with van der Waals surface area (Å²) in [5, 5.41) is 8.40. The van der Waals surface area contributed by atoms with E-state index in [0.29, 0.717) is 0 Å². The fourth-order valence-electron chi connectivity index (χ4n) is 8.25. The van der Waals surface area contributed by atoms with Crippen molar-refractivity contribution in [3.05, 3.63) is 204 Å². The third-order valence-corrected chi connectivity index (χ3v) is 10.3. The van der Waals surface area contributed by atoms with Gasteiger partial charge in [0.1, 0.15) is 11.2 Å². The standard InChI is InChI=1S/C47H31NO/c1-3-15-32(16-4-1)47(33-17-5-2-6-18-33)42-24-11-9-20-36(42)41-30-34(27-29-43(41)47)48-44-25-12-10-21-37(44)38-22-13-23-39-40-28-26-31-14-7-8-19-35(31)45(40)49-46(38)39/h1-30,48H.